The molecule has 2 atom stereocenters. The average Bonchev–Trinajstić information content (AvgIpc) is 1.96. The van der Waals surface area contributed by atoms with Crippen molar-refractivity contribution >= 4 is 0 Å². The molecular formula is C8H17NO2. The number of hydrogen-bond acceptors (Lipinski definition) is 3. The van der Waals surface area contributed by atoms with Gasteiger partial charge >= 0.3 is 0 Å². The van der Waals surface area contributed by atoms with Gasteiger partial charge in [0.25, 0.3) is 0 Å². The Labute approximate surface area is 67.2 Å². The highest BCUT2D eigenvalue weighted by Gasteiger charge is 2.35. The zero-order chi connectivity index (χ0) is 8.32. The second-order valence-corrected chi connectivity index (χ2v) is 3.43. The second kappa shape index (κ2) is 3.52. The van der Waals surface area contributed by atoms with Gasteiger partial charge in [0.05, 0.1) is 5.60 Å². The predicted molar refractivity (Wildman–Crippen MR) is 43.1 cm³/mol. The van der Waals surface area contributed by atoms with Crippen LogP contribution in [0.1, 0.15) is 32.1 Å². The summed E-state index contributed by atoms with van der Waals surface area (Å²) in [6.45, 7) is 0.0319. The molecule has 3 heteroatoms. The normalized spacial score (nSPS) is 39.0. The van der Waals surface area contributed by atoms with E-state index in [-0.39, 0.29) is 12.6 Å². The lowest BCUT2D eigenvalue weighted by Crippen LogP contribution is -2.50. The van der Waals surface area contributed by atoms with E-state index in [4.69, 9.17) is 10.8 Å². The molecule has 0 spiro atoms. The molecule has 1 saturated carbocycles. The van der Waals surface area contributed by atoms with Crippen LogP contribution in [0.3, 0.4) is 0 Å². The van der Waals surface area contributed by atoms with Gasteiger partial charge in [-0.25, -0.2) is 0 Å². The van der Waals surface area contributed by atoms with Crippen molar-refractivity contribution in [2.24, 2.45) is 5.73 Å². The zero-order valence-electron chi connectivity index (χ0n) is 6.79. The van der Waals surface area contributed by atoms with Crippen molar-refractivity contribution in [1.82, 2.24) is 0 Å². The molecule has 1 aliphatic rings. The van der Waals surface area contributed by atoms with Gasteiger partial charge in [0.15, 0.2) is 0 Å². The van der Waals surface area contributed by atoms with Crippen LogP contribution >= 0.6 is 0 Å². The van der Waals surface area contributed by atoms with E-state index < -0.39 is 5.60 Å². The van der Waals surface area contributed by atoms with Crippen LogP contribution in [0.5, 0.6) is 0 Å². The van der Waals surface area contributed by atoms with E-state index in [1.165, 1.54) is 0 Å². The molecule has 1 rings (SSSR count). The Bertz CT molecular complexity index is 125. The molecule has 66 valence electrons. The molecule has 0 heterocycles. The Morgan fingerprint density at radius 3 is 2.73 bits per heavy atom. The van der Waals surface area contributed by atoms with Crippen LogP contribution in [-0.4, -0.2) is 28.5 Å². The van der Waals surface area contributed by atoms with E-state index in [1.54, 1.807) is 0 Å². The first-order chi connectivity index (χ1) is 5.19. The summed E-state index contributed by atoms with van der Waals surface area (Å²) in [6, 6.07) is -0.136. The summed E-state index contributed by atoms with van der Waals surface area (Å²) < 4.78 is 0. The molecular weight excluding hydrogens is 142 g/mol. The lowest BCUT2D eigenvalue weighted by atomic mass is 9.79. The Morgan fingerprint density at radius 1 is 1.45 bits per heavy atom. The van der Waals surface area contributed by atoms with Gasteiger partial charge < -0.3 is 15.9 Å². The van der Waals surface area contributed by atoms with E-state index in [1.807, 2.05) is 0 Å². The molecule has 4 N–H and O–H groups in total. The van der Waals surface area contributed by atoms with Crippen LogP contribution in [0.2, 0.25) is 0 Å². The fourth-order valence-corrected chi connectivity index (χ4v) is 1.75. The van der Waals surface area contributed by atoms with Gasteiger partial charge in [-0.15, -0.1) is 0 Å². The maximum absolute atomic E-state index is 9.85. The third kappa shape index (κ3) is 1.92. The largest absolute Gasteiger partial charge is 0.396 e. The van der Waals surface area contributed by atoms with Crippen molar-refractivity contribution < 1.29 is 10.2 Å². The van der Waals surface area contributed by atoms with E-state index in [9.17, 15) is 5.11 Å². The van der Waals surface area contributed by atoms with Crippen LogP contribution in [0.15, 0.2) is 0 Å². The Morgan fingerprint density at radius 2 is 2.18 bits per heavy atom. The van der Waals surface area contributed by atoms with Gasteiger partial charge in [-0.3, -0.25) is 0 Å². The van der Waals surface area contributed by atoms with Crippen molar-refractivity contribution in [3.63, 3.8) is 0 Å². The number of aliphatic hydroxyl groups excluding tert-OH is 1. The SMILES string of the molecule is N[C@H]1CCCC[C@@]1(O)CCO. The van der Waals surface area contributed by atoms with Crippen LogP contribution in [0, 0.1) is 0 Å². The Hall–Kier alpha value is -0.120. The van der Waals surface area contributed by atoms with Crippen molar-refractivity contribution in [3.05, 3.63) is 0 Å². The van der Waals surface area contributed by atoms with E-state index in [2.05, 4.69) is 0 Å². The quantitative estimate of drug-likeness (QED) is 0.531. The molecule has 0 aromatic rings. The maximum Gasteiger partial charge on any atom is 0.0819 e. The molecule has 11 heavy (non-hydrogen) atoms. The number of hydrogen-bond donors (Lipinski definition) is 3. The van der Waals surface area contributed by atoms with Gasteiger partial charge in [-0.1, -0.05) is 12.8 Å². The van der Waals surface area contributed by atoms with Gasteiger partial charge in [0.1, 0.15) is 0 Å². The monoisotopic (exact) mass is 159 g/mol. The van der Waals surface area contributed by atoms with Gasteiger partial charge in [-0.2, -0.15) is 0 Å². The highest BCUT2D eigenvalue weighted by molar-refractivity contribution is 4.92. The summed E-state index contributed by atoms with van der Waals surface area (Å²) in [5, 5.41) is 18.5. The first kappa shape index (κ1) is 8.97. The third-order valence-electron chi connectivity index (χ3n) is 2.61. The molecule has 0 aromatic carbocycles. The number of rotatable bonds is 2. The molecule has 1 fully saturated rings. The predicted octanol–water partition coefficient (Wildman–Crippen LogP) is 0.00120. The van der Waals surface area contributed by atoms with Crippen LogP contribution in [0.25, 0.3) is 0 Å². The molecule has 0 amide bonds. The number of nitrogens with two attached hydrogens (primary N) is 1. The molecule has 0 saturated heterocycles. The summed E-state index contributed by atoms with van der Waals surface area (Å²) in [5.74, 6) is 0. The minimum absolute atomic E-state index is 0.0319. The summed E-state index contributed by atoms with van der Waals surface area (Å²) in [7, 11) is 0. The summed E-state index contributed by atoms with van der Waals surface area (Å²) >= 11 is 0. The summed E-state index contributed by atoms with van der Waals surface area (Å²) in [4.78, 5) is 0. The van der Waals surface area contributed by atoms with Crippen molar-refractivity contribution in [1.29, 1.82) is 0 Å². The van der Waals surface area contributed by atoms with Crippen molar-refractivity contribution in [2.45, 2.75) is 43.7 Å². The minimum atomic E-state index is -0.785. The summed E-state index contributed by atoms with van der Waals surface area (Å²) in [6.07, 6.45) is 4.19. The topological polar surface area (TPSA) is 66.5 Å². The molecule has 1 aliphatic carbocycles. The van der Waals surface area contributed by atoms with E-state index in [0.29, 0.717) is 6.42 Å². The Kier molecular flexibility index (Phi) is 2.87. The fourth-order valence-electron chi connectivity index (χ4n) is 1.75. The molecule has 0 radical (unpaired) electrons. The lowest BCUT2D eigenvalue weighted by Gasteiger charge is -2.37. The van der Waals surface area contributed by atoms with E-state index in [0.717, 1.165) is 25.7 Å². The second-order valence-electron chi connectivity index (χ2n) is 3.43. The zero-order valence-corrected chi connectivity index (χ0v) is 6.79. The first-order valence-electron chi connectivity index (χ1n) is 4.28. The van der Waals surface area contributed by atoms with Crippen LogP contribution in [0.4, 0.5) is 0 Å². The van der Waals surface area contributed by atoms with Crippen molar-refractivity contribution in [3.8, 4) is 0 Å². The van der Waals surface area contributed by atoms with Crippen LogP contribution in [-0.2, 0) is 0 Å². The Balaban J connectivity index is 2.49. The smallest absolute Gasteiger partial charge is 0.0819 e. The maximum atomic E-state index is 9.85. The fraction of sp³-hybridized carbons (Fsp3) is 1.00. The molecule has 0 aromatic heterocycles. The number of aliphatic hydroxyl groups is 2. The lowest BCUT2D eigenvalue weighted by molar-refractivity contribution is -0.0324. The highest BCUT2D eigenvalue weighted by atomic mass is 16.3. The van der Waals surface area contributed by atoms with Gasteiger partial charge in [0.2, 0.25) is 0 Å². The standard InChI is InChI=1S/C8H17NO2/c9-7-3-1-2-4-8(7,11)5-6-10/h7,10-11H,1-6,9H2/t7-,8+/m0/s1. The minimum Gasteiger partial charge on any atom is -0.396 e. The van der Waals surface area contributed by atoms with Crippen LogP contribution < -0.4 is 5.73 Å². The van der Waals surface area contributed by atoms with Gasteiger partial charge in [0, 0.05) is 19.1 Å². The average molecular weight is 159 g/mol. The van der Waals surface area contributed by atoms with E-state index >= 15 is 0 Å². The molecule has 0 aliphatic heterocycles. The summed E-state index contributed by atoms with van der Waals surface area (Å²) in [5.41, 5.74) is 4.95. The molecule has 0 unspecified atom stereocenters. The molecule has 0 bridgehead atoms. The third-order valence-corrected chi connectivity index (χ3v) is 2.61. The highest BCUT2D eigenvalue weighted by Crippen LogP contribution is 2.29. The molecule has 3 nitrogen and oxygen atoms in total. The first-order valence-corrected chi connectivity index (χ1v) is 4.28. The van der Waals surface area contributed by atoms with Gasteiger partial charge in [-0.05, 0) is 12.8 Å². The van der Waals surface area contributed by atoms with Crippen molar-refractivity contribution in [2.75, 3.05) is 6.61 Å².